The fourth-order valence-corrected chi connectivity index (χ4v) is 2.33. The smallest absolute Gasteiger partial charge is 0.179 e. The molecule has 21 heavy (non-hydrogen) atoms. The van der Waals surface area contributed by atoms with Crippen molar-refractivity contribution >= 4 is 17.0 Å². The predicted molar refractivity (Wildman–Crippen MR) is 85.1 cm³/mol. The molecule has 0 aliphatic rings. The van der Waals surface area contributed by atoms with Gasteiger partial charge in [-0.25, -0.2) is 9.97 Å². The number of hydrogen-bond donors (Lipinski definition) is 3. The molecular formula is C16H19N5. The number of aromatic nitrogens is 3. The zero-order valence-electron chi connectivity index (χ0n) is 12.0. The average molecular weight is 281 g/mol. The van der Waals surface area contributed by atoms with Crippen molar-refractivity contribution in [1.29, 1.82) is 0 Å². The molecule has 0 fully saturated rings. The summed E-state index contributed by atoms with van der Waals surface area (Å²) in [6, 6.07) is 14.1. The Balaban J connectivity index is 1.73. The maximum absolute atomic E-state index is 6.24. The van der Waals surface area contributed by atoms with Crippen LogP contribution in [0.2, 0.25) is 0 Å². The number of fused-ring (bicyclic) bond motifs is 1. The number of hydrogen-bond acceptors (Lipinski definition) is 4. The highest BCUT2D eigenvalue weighted by atomic mass is 15.1. The Bertz CT molecular complexity index is 720. The van der Waals surface area contributed by atoms with Crippen molar-refractivity contribution in [2.24, 2.45) is 5.73 Å². The maximum atomic E-state index is 6.24. The summed E-state index contributed by atoms with van der Waals surface area (Å²) in [7, 11) is 1.84. The van der Waals surface area contributed by atoms with Crippen molar-refractivity contribution in [1.82, 2.24) is 15.0 Å². The second-order valence-electron chi connectivity index (χ2n) is 5.07. The minimum absolute atomic E-state index is 0.113. The lowest BCUT2D eigenvalue weighted by molar-refractivity contribution is 0.621. The average Bonchev–Trinajstić information content (AvgIpc) is 2.96. The summed E-state index contributed by atoms with van der Waals surface area (Å²) in [6.07, 6.45) is 1.79. The Hall–Kier alpha value is -2.40. The van der Waals surface area contributed by atoms with Gasteiger partial charge in [-0.2, -0.15) is 0 Å². The van der Waals surface area contributed by atoms with Gasteiger partial charge in [0.15, 0.2) is 5.65 Å². The van der Waals surface area contributed by atoms with Crippen molar-refractivity contribution in [2.75, 3.05) is 12.4 Å². The van der Waals surface area contributed by atoms with E-state index in [0.29, 0.717) is 5.65 Å². The zero-order valence-corrected chi connectivity index (χ0v) is 12.0. The summed E-state index contributed by atoms with van der Waals surface area (Å²) < 4.78 is 0. The molecular weight excluding hydrogens is 262 g/mol. The second kappa shape index (κ2) is 5.93. The lowest BCUT2D eigenvalue weighted by atomic mass is 10.1. The number of imidazole rings is 1. The second-order valence-corrected chi connectivity index (χ2v) is 5.07. The van der Waals surface area contributed by atoms with Crippen molar-refractivity contribution in [2.45, 2.75) is 18.9 Å². The molecule has 2 heterocycles. The number of rotatable bonds is 5. The van der Waals surface area contributed by atoms with E-state index < -0.39 is 0 Å². The summed E-state index contributed by atoms with van der Waals surface area (Å²) in [5.41, 5.74) is 9.15. The SMILES string of the molecule is CNc1ccc2[nH]c(C(N)CCc3ccccc3)nc2n1. The number of aromatic amines is 1. The molecule has 0 saturated carbocycles. The van der Waals surface area contributed by atoms with Crippen LogP contribution in [0.1, 0.15) is 23.9 Å². The molecule has 1 atom stereocenters. The van der Waals surface area contributed by atoms with Crippen LogP contribution in [-0.2, 0) is 6.42 Å². The summed E-state index contributed by atoms with van der Waals surface area (Å²) in [5.74, 6) is 1.60. The quantitative estimate of drug-likeness (QED) is 0.671. The molecule has 0 amide bonds. The molecule has 0 spiro atoms. The van der Waals surface area contributed by atoms with Crippen LogP contribution in [0, 0.1) is 0 Å². The van der Waals surface area contributed by atoms with Crippen LogP contribution in [0.15, 0.2) is 42.5 Å². The molecule has 5 nitrogen and oxygen atoms in total. The number of pyridine rings is 1. The van der Waals surface area contributed by atoms with Gasteiger partial charge in [0.2, 0.25) is 0 Å². The molecule has 0 bridgehead atoms. The number of nitrogens with two attached hydrogens (primary N) is 1. The van der Waals surface area contributed by atoms with Crippen molar-refractivity contribution in [3.8, 4) is 0 Å². The van der Waals surface area contributed by atoms with E-state index in [1.54, 1.807) is 0 Å². The molecule has 5 heteroatoms. The molecule has 108 valence electrons. The monoisotopic (exact) mass is 281 g/mol. The third-order valence-corrected chi connectivity index (χ3v) is 3.56. The Labute approximate surface area is 123 Å². The number of aryl methyl sites for hydroxylation is 1. The lowest BCUT2D eigenvalue weighted by Crippen LogP contribution is -2.13. The molecule has 0 aliphatic carbocycles. The van der Waals surface area contributed by atoms with Gasteiger partial charge in [-0.15, -0.1) is 0 Å². The van der Waals surface area contributed by atoms with E-state index in [1.807, 2.05) is 37.4 Å². The van der Waals surface area contributed by atoms with Crippen molar-refractivity contribution in [3.63, 3.8) is 0 Å². The number of nitrogens with one attached hydrogen (secondary N) is 2. The third kappa shape index (κ3) is 3.03. The first kappa shape index (κ1) is 13.6. The van der Waals surface area contributed by atoms with Gasteiger partial charge < -0.3 is 16.0 Å². The first-order valence-electron chi connectivity index (χ1n) is 7.10. The van der Waals surface area contributed by atoms with E-state index >= 15 is 0 Å². The fourth-order valence-electron chi connectivity index (χ4n) is 2.33. The Morgan fingerprint density at radius 2 is 1.95 bits per heavy atom. The van der Waals surface area contributed by atoms with Crippen LogP contribution in [0.4, 0.5) is 5.82 Å². The molecule has 3 rings (SSSR count). The van der Waals surface area contributed by atoms with E-state index in [9.17, 15) is 0 Å². The molecule has 1 unspecified atom stereocenters. The van der Waals surface area contributed by atoms with Crippen LogP contribution in [-0.4, -0.2) is 22.0 Å². The van der Waals surface area contributed by atoms with Crippen LogP contribution in [0.3, 0.4) is 0 Å². The largest absolute Gasteiger partial charge is 0.373 e. The van der Waals surface area contributed by atoms with Gasteiger partial charge in [0, 0.05) is 7.05 Å². The van der Waals surface area contributed by atoms with E-state index in [-0.39, 0.29) is 6.04 Å². The summed E-state index contributed by atoms with van der Waals surface area (Å²) in [6.45, 7) is 0. The van der Waals surface area contributed by atoms with Gasteiger partial charge in [-0.1, -0.05) is 30.3 Å². The molecule has 2 aromatic heterocycles. The Kier molecular flexibility index (Phi) is 3.83. The van der Waals surface area contributed by atoms with Gasteiger partial charge in [0.1, 0.15) is 11.6 Å². The van der Waals surface area contributed by atoms with E-state index in [4.69, 9.17) is 5.73 Å². The fraction of sp³-hybridized carbons (Fsp3) is 0.250. The van der Waals surface area contributed by atoms with Gasteiger partial charge in [-0.3, -0.25) is 0 Å². The molecule has 0 aliphatic heterocycles. The summed E-state index contributed by atoms with van der Waals surface area (Å²) in [4.78, 5) is 12.2. The standard InChI is InChI=1S/C16H19N5/c1-18-14-10-9-13-16(20-14)21-15(19-13)12(17)8-7-11-5-3-2-4-6-11/h2-6,9-10,12H,7-8,17H2,1H3,(H2,18,19,20,21). The highest BCUT2D eigenvalue weighted by Gasteiger charge is 2.12. The van der Waals surface area contributed by atoms with E-state index in [0.717, 1.165) is 30.0 Å². The number of H-pyrrole nitrogens is 1. The normalized spacial score (nSPS) is 12.5. The van der Waals surface area contributed by atoms with Crippen LogP contribution in [0.5, 0.6) is 0 Å². The minimum atomic E-state index is -0.113. The minimum Gasteiger partial charge on any atom is -0.373 e. The van der Waals surface area contributed by atoms with Crippen LogP contribution in [0.25, 0.3) is 11.2 Å². The molecule has 0 saturated heterocycles. The van der Waals surface area contributed by atoms with E-state index in [2.05, 4.69) is 32.4 Å². The van der Waals surface area contributed by atoms with Crippen LogP contribution >= 0.6 is 0 Å². The molecule has 1 aromatic carbocycles. The molecule has 4 N–H and O–H groups in total. The Morgan fingerprint density at radius 1 is 1.14 bits per heavy atom. The van der Waals surface area contributed by atoms with Crippen molar-refractivity contribution < 1.29 is 0 Å². The summed E-state index contributed by atoms with van der Waals surface area (Å²) >= 11 is 0. The van der Waals surface area contributed by atoms with E-state index in [1.165, 1.54) is 5.56 Å². The topological polar surface area (TPSA) is 79.6 Å². The van der Waals surface area contributed by atoms with Crippen LogP contribution < -0.4 is 11.1 Å². The third-order valence-electron chi connectivity index (χ3n) is 3.56. The van der Waals surface area contributed by atoms with Gasteiger partial charge in [0.25, 0.3) is 0 Å². The first-order valence-corrected chi connectivity index (χ1v) is 7.10. The molecule has 0 radical (unpaired) electrons. The number of nitrogens with zero attached hydrogens (tertiary/aromatic N) is 2. The molecule has 3 aromatic rings. The highest BCUT2D eigenvalue weighted by molar-refractivity contribution is 5.72. The predicted octanol–water partition coefficient (Wildman–Crippen LogP) is 2.63. The van der Waals surface area contributed by atoms with Gasteiger partial charge in [0.05, 0.1) is 11.6 Å². The van der Waals surface area contributed by atoms with Gasteiger partial charge >= 0.3 is 0 Å². The number of benzene rings is 1. The van der Waals surface area contributed by atoms with Crippen molar-refractivity contribution in [3.05, 3.63) is 53.9 Å². The lowest BCUT2D eigenvalue weighted by Gasteiger charge is -2.08. The first-order chi connectivity index (χ1) is 10.3. The van der Waals surface area contributed by atoms with Gasteiger partial charge in [-0.05, 0) is 30.5 Å². The summed E-state index contributed by atoms with van der Waals surface area (Å²) in [5, 5.41) is 3.01. The Morgan fingerprint density at radius 3 is 2.71 bits per heavy atom. The zero-order chi connectivity index (χ0) is 14.7. The maximum Gasteiger partial charge on any atom is 0.179 e. The number of anilines is 1. The highest BCUT2D eigenvalue weighted by Crippen LogP contribution is 2.18.